The van der Waals surface area contributed by atoms with Crippen LogP contribution in [0.3, 0.4) is 0 Å². The number of piperidine rings is 1. The second kappa shape index (κ2) is 6.02. The lowest BCUT2D eigenvalue weighted by molar-refractivity contribution is -0.0962. The summed E-state index contributed by atoms with van der Waals surface area (Å²) in [7, 11) is 0. The third-order valence-corrected chi connectivity index (χ3v) is 3.18. The van der Waals surface area contributed by atoms with Crippen molar-refractivity contribution in [2.45, 2.75) is 19.1 Å². The first-order valence-electron chi connectivity index (χ1n) is 6.18. The van der Waals surface area contributed by atoms with E-state index in [1.165, 1.54) is 0 Å². The molecular formula is C12H20N2O3. The van der Waals surface area contributed by atoms with Gasteiger partial charge in [-0.25, -0.2) is 4.79 Å². The summed E-state index contributed by atoms with van der Waals surface area (Å²) in [6.07, 6.45) is 3.64. The summed E-state index contributed by atoms with van der Waals surface area (Å²) in [5.41, 5.74) is 0. The Morgan fingerprint density at radius 2 is 2.24 bits per heavy atom. The van der Waals surface area contributed by atoms with E-state index in [9.17, 15) is 4.79 Å². The molecule has 0 unspecified atom stereocenters. The molecular weight excluding hydrogens is 220 g/mol. The van der Waals surface area contributed by atoms with Crippen molar-refractivity contribution in [1.82, 2.24) is 10.2 Å². The number of nitrogens with zero attached hydrogens (tertiary/aromatic N) is 1. The molecule has 2 saturated heterocycles. The molecule has 2 aliphatic rings. The summed E-state index contributed by atoms with van der Waals surface area (Å²) < 4.78 is 11.0. The van der Waals surface area contributed by atoms with Crippen LogP contribution in [0, 0.1) is 5.92 Å². The smallest absolute Gasteiger partial charge is 0.317 e. The standard InChI is InChI=1S/C12H20N2O3/c1-2-5-13-12(15)14-6-3-4-10(9-14)11-16-7-8-17-11/h2,10-11H,1,3-9H2,(H,13,15)/t10-/m0/s1. The Morgan fingerprint density at radius 1 is 1.47 bits per heavy atom. The molecule has 1 atom stereocenters. The highest BCUT2D eigenvalue weighted by molar-refractivity contribution is 5.74. The van der Waals surface area contributed by atoms with Gasteiger partial charge in [-0.2, -0.15) is 0 Å². The molecule has 96 valence electrons. The van der Waals surface area contributed by atoms with E-state index in [0.717, 1.165) is 19.4 Å². The molecule has 2 rings (SSSR count). The summed E-state index contributed by atoms with van der Waals surface area (Å²) in [6, 6.07) is -0.0207. The largest absolute Gasteiger partial charge is 0.350 e. The normalized spacial score (nSPS) is 25.9. The summed E-state index contributed by atoms with van der Waals surface area (Å²) in [5, 5.41) is 2.80. The Hall–Kier alpha value is -1.07. The van der Waals surface area contributed by atoms with Crippen LogP contribution >= 0.6 is 0 Å². The molecule has 2 aliphatic heterocycles. The van der Waals surface area contributed by atoms with Gasteiger partial charge >= 0.3 is 6.03 Å². The van der Waals surface area contributed by atoms with Crippen molar-refractivity contribution in [2.24, 2.45) is 5.92 Å². The van der Waals surface area contributed by atoms with Gasteiger partial charge in [0.2, 0.25) is 0 Å². The van der Waals surface area contributed by atoms with Gasteiger partial charge in [0.25, 0.3) is 0 Å². The van der Waals surface area contributed by atoms with Crippen LogP contribution in [0.1, 0.15) is 12.8 Å². The third kappa shape index (κ3) is 3.20. The predicted octanol–water partition coefficient (Wildman–Crippen LogP) is 0.967. The van der Waals surface area contributed by atoms with Crippen molar-refractivity contribution in [1.29, 1.82) is 0 Å². The van der Waals surface area contributed by atoms with Crippen LogP contribution in [-0.4, -0.2) is 50.1 Å². The summed E-state index contributed by atoms with van der Waals surface area (Å²) in [6.45, 7) is 6.96. The number of rotatable bonds is 3. The van der Waals surface area contributed by atoms with Gasteiger partial charge in [-0.3, -0.25) is 0 Å². The number of nitrogens with one attached hydrogen (secondary N) is 1. The van der Waals surface area contributed by atoms with Crippen LogP contribution in [-0.2, 0) is 9.47 Å². The Bertz CT molecular complexity index is 277. The summed E-state index contributed by atoms with van der Waals surface area (Å²) in [4.78, 5) is 13.6. The monoisotopic (exact) mass is 240 g/mol. The second-order valence-electron chi connectivity index (χ2n) is 4.43. The first-order chi connectivity index (χ1) is 8.31. The molecule has 17 heavy (non-hydrogen) atoms. The minimum Gasteiger partial charge on any atom is -0.350 e. The first kappa shape index (κ1) is 12.4. The van der Waals surface area contributed by atoms with Gasteiger partial charge in [0, 0.05) is 25.6 Å². The lowest BCUT2D eigenvalue weighted by Crippen LogP contribution is -2.48. The average Bonchev–Trinajstić information content (AvgIpc) is 2.90. The van der Waals surface area contributed by atoms with E-state index >= 15 is 0 Å². The number of likely N-dealkylation sites (tertiary alicyclic amines) is 1. The SMILES string of the molecule is C=CCNC(=O)N1CCC[C@H](C2OCCO2)C1. The molecule has 2 fully saturated rings. The molecule has 0 aromatic carbocycles. The fourth-order valence-electron chi connectivity index (χ4n) is 2.34. The number of urea groups is 1. The zero-order valence-electron chi connectivity index (χ0n) is 10.1. The van der Waals surface area contributed by atoms with Crippen LogP contribution in [0.4, 0.5) is 4.79 Å². The quantitative estimate of drug-likeness (QED) is 0.748. The number of hydrogen-bond donors (Lipinski definition) is 1. The van der Waals surface area contributed by atoms with Gasteiger partial charge in [0.05, 0.1) is 13.2 Å². The van der Waals surface area contributed by atoms with Gasteiger partial charge in [-0.05, 0) is 12.8 Å². The number of carbonyl (C=O) groups is 1. The molecule has 0 aromatic rings. The summed E-state index contributed by atoms with van der Waals surface area (Å²) >= 11 is 0. The maximum absolute atomic E-state index is 11.8. The van der Waals surface area contributed by atoms with Crippen molar-refractivity contribution in [3.05, 3.63) is 12.7 Å². The summed E-state index contributed by atoms with van der Waals surface area (Å²) in [5.74, 6) is 0.306. The molecule has 0 saturated carbocycles. The topological polar surface area (TPSA) is 50.8 Å². The van der Waals surface area contributed by atoms with Crippen molar-refractivity contribution in [2.75, 3.05) is 32.8 Å². The highest BCUT2D eigenvalue weighted by Crippen LogP contribution is 2.24. The van der Waals surface area contributed by atoms with E-state index in [-0.39, 0.29) is 12.3 Å². The molecule has 0 aliphatic carbocycles. The highest BCUT2D eigenvalue weighted by atomic mass is 16.7. The van der Waals surface area contributed by atoms with Crippen molar-refractivity contribution >= 4 is 6.03 Å². The van der Waals surface area contributed by atoms with Crippen molar-refractivity contribution in [3.8, 4) is 0 Å². The lowest BCUT2D eigenvalue weighted by atomic mass is 9.98. The number of amides is 2. The fraction of sp³-hybridized carbons (Fsp3) is 0.750. The first-order valence-corrected chi connectivity index (χ1v) is 6.18. The van der Waals surface area contributed by atoms with Crippen LogP contribution in [0.2, 0.25) is 0 Å². The van der Waals surface area contributed by atoms with E-state index in [2.05, 4.69) is 11.9 Å². The van der Waals surface area contributed by atoms with E-state index in [1.807, 2.05) is 4.90 Å². The lowest BCUT2D eigenvalue weighted by Gasteiger charge is -2.34. The maximum Gasteiger partial charge on any atom is 0.317 e. The zero-order valence-corrected chi connectivity index (χ0v) is 10.1. The second-order valence-corrected chi connectivity index (χ2v) is 4.43. The number of carbonyl (C=O) groups excluding carboxylic acids is 1. The van der Waals surface area contributed by atoms with Gasteiger partial charge in [0.15, 0.2) is 6.29 Å². The van der Waals surface area contributed by atoms with Crippen LogP contribution < -0.4 is 5.32 Å². The molecule has 0 aromatic heterocycles. The Balaban J connectivity index is 1.83. The number of hydrogen-bond acceptors (Lipinski definition) is 3. The van der Waals surface area contributed by atoms with Crippen molar-refractivity contribution < 1.29 is 14.3 Å². The molecule has 0 spiro atoms. The number of ether oxygens (including phenoxy) is 2. The molecule has 0 radical (unpaired) electrons. The highest BCUT2D eigenvalue weighted by Gasteiger charge is 2.32. The van der Waals surface area contributed by atoms with Gasteiger partial charge < -0.3 is 19.7 Å². The fourth-order valence-corrected chi connectivity index (χ4v) is 2.34. The van der Waals surface area contributed by atoms with E-state index in [0.29, 0.717) is 32.2 Å². The minimum atomic E-state index is -0.120. The van der Waals surface area contributed by atoms with Gasteiger partial charge in [-0.1, -0.05) is 6.08 Å². The Kier molecular flexibility index (Phi) is 4.39. The van der Waals surface area contributed by atoms with E-state index in [1.54, 1.807) is 6.08 Å². The van der Waals surface area contributed by atoms with E-state index < -0.39 is 0 Å². The van der Waals surface area contributed by atoms with Crippen LogP contribution in [0.25, 0.3) is 0 Å². The van der Waals surface area contributed by atoms with E-state index in [4.69, 9.17) is 9.47 Å². The van der Waals surface area contributed by atoms with Gasteiger partial charge in [0.1, 0.15) is 0 Å². The molecule has 5 heteroatoms. The molecule has 0 bridgehead atoms. The Labute approximate surface area is 102 Å². The molecule has 2 amide bonds. The molecule has 1 N–H and O–H groups in total. The predicted molar refractivity (Wildman–Crippen MR) is 63.6 cm³/mol. The average molecular weight is 240 g/mol. The maximum atomic E-state index is 11.8. The third-order valence-electron chi connectivity index (χ3n) is 3.18. The molecule has 5 nitrogen and oxygen atoms in total. The van der Waals surface area contributed by atoms with Gasteiger partial charge in [-0.15, -0.1) is 6.58 Å². The Morgan fingerprint density at radius 3 is 2.94 bits per heavy atom. The van der Waals surface area contributed by atoms with Crippen LogP contribution in [0.5, 0.6) is 0 Å². The van der Waals surface area contributed by atoms with Crippen LogP contribution in [0.15, 0.2) is 12.7 Å². The van der Waals surface area contributed by atoms with Crippen molar-refractivity contribution in [3.63, 3.8) is 0 Å². The zero-order chi connectivity index (χ0) is 12.1. The molecule has 2 heterocycles. The minimum absolute atomic E-state index is 0.0207.